The van der Waals surface area contributed by atoms with Crippen LogP contribution in [0.25, 0.3) is 0 Å². The Morgan fingerprint density at radius 1 is 1.11 bits per heavy atom. The van der Waals surface area contributed by atoms with E-state index in [2.05, 4.69) is 5.32 Å². The van der Waals surface area contributed by atoms with Gasteiger partial charge in [0.05, 0.1) is 0 Å². The maximum Gasteiger partial charge on any atom is 0.253 e. The Balaban J connectivity index is 1.62. The van der Waals surface area contributed by atoms with Crippen molar-refractivity contribution in [2.24, 2.45) is 5.41 Å². The SMILES string of the molecule is O=C(c1ccccc1)N1CCC2(CCCNC2)CC1. The molecule has 102 valence electrons. The lowest BCUT2D eigenvalue weighted by molar-refractivity contribution is 0.0513. The zero-order valence-electron chi connectivity index (χ0n) is 11.4. The average molecular weight is 258 g/mol. The highest BCUT2D eigenvalue weighted by molar-refractivity contribution is 5.94. The standard InChI is InChI=1S/C16H22N2O/c19-15(14-5-2-1-3-6-14)18-11-8-16(9-12-18)7-4-10-17-13-16/h1-3,5-6,17H,4,7-13H2. The number of nitrogens with zero attached hydrogens (tertiary/aromatic N) is 1. The van der Waals surface area contributed by atoms with Crippen molar-refractivity contribution in [2.75, 3.05) is 26.2 Å². The largest absolute Gasteiger partial charge is 0.339 e. The highest BCUT2D eigenvalue weighted by Gasteiger charge is 2.36. The molecule has 0 radical (unpaired) electrons. The quantitative estimate of drug-likeness (QED) is 0.838. The van der Waals surface area contributed by atoms with Crippen molar-refractivity contribution in [1.29, 1.82) is 0 Å². The van der Waals surface area contributed by atoms with Gasteiger partial charge in [-0.15, -0.1) is 0 Å². The molecule has 1 N–H and O–H groups in total. The Morgan fingerprint density at radius 3 is 2.47 bits per heavy atom. The second-order valence-corrected chi connectivity index (χ2v) is 5.94. The molecule has 1 aromatic carbocycles. The molecule has 3 heteroatoms. The molecule has 0 unspecified atom stereocenters. The zero-order valence-corrected chi connectivity index (χ0v) is 11.4. The van der Waals surface area contributed by atoms with Gasteiger partial charge in [0, 0.05) is 25.2 Å². The molecule has 2 heterocycles. The van der Waals surface area contributed by atoms with Gasteiger partial charge in [-0.05, 0) is 49.8 Å². The zero-order chi connectivity index (χ0) is 13.1. The third kappa shape index (κ3) is 2.66. The first-order valence-corrected chi connectivity index (χ1v) is 7.34. The van der Waals surface area contributed by atoms with E-state index in [4.69, 9.17) is 0 Å². The van der Waals surface area contributed by atoms with Crippen LogP contribution in [0.2, 0.25) is 0 Å². The maximum atomic E-state index is 12.4. The van der Waals surface area contributed by atoms with Crippen molar-refractivity contribution in [3.8, 4) is 0 Å². The highest BCUT2D eigenvalue weighted by atomic mass is 16.2. The van der Waals surface area contributed by atoms with Crippen molar-refractivity contribution >= 4 is 5.91 Å². The number of hydrogen-bond donors (Lipinski definition) is 1. The Bertz CT molecular complexity index is 427. The fourth-order valence-electron chi connectivity index (χ4n) is 3.40. The molecular weight excluding hydrogens is 236 g/mol. The molecule has 0 saturated carbocycles. The average Bonchev–Trinajstić information content (AvgIpc) is 2.49. The number of nitrogens with one attached hydrogen (secondary N) is 1. The van der Waals surface area contributed by atoms with Gasteiger partial charge in [-0.3, -0.25) is 4.79 Å². The van der Waals surface area contributed by atoms with Gasteiger partial charge in [-0.2, -0.15) is 0 Å². The topological polar surface area (TPSA) is 32.3 Å². The van der Waals surface area contributed by atoms with Gasteiger partial charge in [0.2, 0.25) is 0 Å². The van der Waals surface area contributed by atoms with Crippen LogP contribution in [0.3, 0.4) is 0 Å². The van der Waals surface area contributed by atoms with E-state index in [0.29, 0.717) is 5.41 Å². The van der Waals surface area contributed by atoms with Crippen LogP contribution < -0.4 is 5.32 Å². The summed E-state index contributed by atoms with van der Waals surface area (Å²) < 4.78 is 0. The van der Waals surface area contributed by atoms with Crippen LogP contribution in [0.5, 0.6) is 0 Å². The van der Waals surface area contributed by atoms with E-state index in [1.54, 1.807) is 0 Å². The predicted octanol–water partition coefficient (Wildman–Crippen LogP) is 2.29. The van der Waals surface area contributed by atoms with Crippen LogP contribution in [0.4, 0.5) is 0 Å². The summed E-state index contributed by atoms with van der Waals surface area (Å²) in [6, 6.07) is 9.65. The van der Waals surface area contributed by atoms with Gasteiger partial charge >= 0.3 is 0 Å². The van der Waals surface area contributed by atoms with Gasteiger partial charge in [-0.25, -0.2) is 0 Å². The van der Waals surface area contributed by atoms with Crippen molar-refractivity contribution in [2.45, 2.75) is 25.7 Å². The molecule has 2 saturated heterocycles. The summed E-state index contributed by atoms with van der Waals surface area (Å²) >= 11 is 0. The Kier molecular flexibility index (Phi) is 3.56. The minimum atomic E-state index is 0.194. The second-order valence-electron chi connectivity index (χ2n) is 5.94. The summed E-state index contributed by atoms with van der Waals surface area (Å²) in [6.07, 6.45) is 4.91. The number of carbonyl (C=O) groups is 1. The lowest BCUT2D eigenvalue weighted by Gasteiger charge is -2.44. The summed E-state index contributed by atoms with van der Waals surface area (Å²) in [5.74, 6) is 0.194. The summed E-state index contributed by atoms with van der Waals surface area (Å²) in [5, 5.41) is 3.52. The Hall–Kier alpha value is -1.35. The fourth-order valence-corrected chi connectivity index (χ4v) is 3.40. The molecule has 3 nitrogen and oxygen atoms in total. The van der Waals surface area contributed by atoms with E-state index in [0.717, 1.165) is 44.6 Å². The van der Waals surface area contributed by atoms with Crippen molar-refractivity contribution in [1.82, 2.24) is 10.2 Å². The predicted molar refractivity (Wildman–Crippen MR) is 76.1 cm³/mol. The van der Waals surface area contributed by atoms with Crippen LogP contribution in [-0.2, 0) is 0 Å². The van der Waals surface area contributed by atoms with Gasteiger partial charge in [0.1, 0.15) is 0 Å². The number of piperidine rings is 2. The smallest absolute Gasteiger partial charge is 0.253 e. The number of rotatable bonds is 1. The minimum absolute atomic E-state index is 0.194. The van der Waals surface area contributed by atoms with E-state index in [1.807, 2.05) is 35.2 Å². The number of amides is 1. The molecule has 0 bridgehead atoms. The molecule has 0 aromatic heterocycles. The highest BCUT2D eigenvalue weighted by Crippen LogP contribution is 2.37. The monoisotopic (exact) mass is 258 g/mol. The summed E-state index contributed by atoms with van der Waals surface area (Å²) in [6.45, 7) is 4.12. The minimum Gasteiger partial charge on any atom is -0.339 e. The van der Waals surface area contributed by atoms with E-state index < -0.39 is 0 Å². The maximum absolute atomic E-state index is 12.4. The van der Waals surface area contributed by atoms with Crippen LogP contribution in [0.1, 0.15) is 36.0 Å². The van der Waals surface area contributed by atoms with Crippen molar-refractivity contribution in [3.63, 3.8) is 0 Å². The van der Waals surface area contributed by atoms with E-state index in [1.165, 1.54) is 12.8 Å². The van der Waals surface area contributed by atoms with Crippen LogP contribution in [0, 0.1) is 5.41 Å². The van der Waals surface area contributed by atoms with Gasteiger partial charge in [-0.1, -0.05) is 18.2 Å². The normalized spacial score (nSPS) is 22.4. The van der Waals surface area contributed by atoms with Crippen molar-refractivity contribution in [3.05, 3.63) is 35.9 Å². The molecule has 1 aromatic rings. The summed E-state index contributed by atoms with van der Waals surface area (Å²) in [7, 11) is 0. The van der Waals surface area contributed by atoms with Gasteiger partial charge < -0.3 is 10.2 Å². The number of likely N-dealkylation sites (tertiary alicyclic amines) is 1. The number of hydrogen-bond acceptors (Lipinski definition) is 2. The molecule has 2 fully saturated rings. The lowest BCUT2D eigenvalue weighted by Crippen LogP contribution is -2.49. The third-order valence-corrected chi connectivity index (χ3v) is 4.69. The first kappa shape index (κ1) is 12.7. The van der Waals surface area contributed by atoms with Gasteiger partial charge in [0.15, 0.2) is 0 Å². The Morgan fingerprint density at radius 2 is 1.84 bits per heavy atom. The van der Waals surface area contributed by atoms with Crippen LogP contribution in [-0.4, -0.2) is 37.0 Å². The molecule has 2 aliphatic rings. The molecule has 0 aliphatic carbocycles. The van der Waals surface area contributed by atoms with Crippen LogP contribution in [0.15, 0.2) is 30.3 Å². The van der Waals surface area contributed by atoms with Gasteiger partial charge in [0.25, 0.3) is 5.91 Å². The third-order valence-electron chi connectivity index (χ3n) is 4.69. The molecular formula is C16H22N2O. The lowest BCUT2D eigenvalue weighted by atomic mass is 9.73. The molecule has 1 spiro atoms. The molecule has 19 heavy (non-hydrogen) atoms. The van der Waals surface area contributed by atoms with Crippen molar-refractivity contribution < 1.29 is 4.79 Å². The second kappa shape index (κ2) is 5.33. The summed E-state index contributed by atoms with van der Waals surface area (Å²) in [5.41, 5.74) is 1.28. The fraction of sp³-hybridized carbons (Fsp3) is 0.562. The molecule has 2 aliphatic heterocycles. The van der Waals surface area contributed by atoms with Crippen LogP contribution >= 0.6 is 0 Å². The first-order valence-electron chi connectivity index (χ1n) is 7.34. The summed E-state index contributed by atoms with van der Waals surface area (Å²) in [4.78, 5) is 14.4. The van der Waals surface area contributed by atoms with E-state index in [-0.39, 0.29) is 5.91 Å². The molecule has 3 rings (SSSR count). The number of carbonyl (C=O) groups excluding carboxylic acids is 1. The molecule has 1 amide bonds. The number of benzene rings is 1. The van der Waals surface area contributed by atoms with E-state index in [9.17, 15) is 4.79 Å². The first-order chi connectivity index (χ1) is 9.29. The van der Waals surface area contributed by atoms with E-state index >= 15 is 0 Å². The Labute approximate surface area is 115 Å². The molecule has 0 atom stereocenters.